The Morgan fingerprint density at radius 2 is 1.83 bits per heavy atom. The Balaban J connectivity index is 0.000000421. The lowest BCUT2D eigenvalue weighted by Crippen LogP contribution is -2.31. The number of rotatable bonds is 2. The number of hydrogen-bond acceptors (Lipinski definition) is 6. The molecule has 1 aromatic carbocycles. The van der Waals surface area contributed by atoms with Gasteiger partial charge in [-0.2, -0.15) is 0 Å². The molecule has 1 aliphatic rings. The van der Waals surface area contributed by atoms with E-state index in [4.69, 9.17) is 22.8 Å². The zero-order chi connectivity index (χ0) is 24.6. The van der Waals surface area contributed by atoms with Crippen molar-refractivity contribution in [3.8, 4) is 11.8 Å². The highest BCUT2D eigenvalue weighted by Crippen LogP contribution is 2.23. The first-order valence-electron chi connectivity index (χ1n) is 11.4. The lowest BCUT2D eigenvalue weighted by molar-refractivity contribution is -0.0414. The van der Waals surface area contributed by atoms with Gasteiger partial charge in [-0.3, -0.25) is 9.82 Å². The summed E-state index contributed by atoms with van der Waals surface area (Å²) < 4.78 is 2.01. The summed E-state index contributed by atoms with van der Waals surface area (Å²) in [7, 11) is 0. The fourth-order valence-corrected chi connectivity index (χ4v) is 3.79. The Labute approximate surface area is 210 Å². The number of hydrogen-bond donors (Lipinski definition) is 2. The van der Waals surface area contributed by atoms with Gasteiger partial charge >= 0.3 is 0 Å². The smallest absolute Gasteiger partial charge is 0.197 e. The van der Waals surface area contributed by atoms with Crippen LogP contribution in [0.2, 0.25) is 0 Å². The number of thiocarbonyl (C=S) groups is 1. The fourth-order valence-electron chi connectivity index (χ4n) is 3.52. The van der Waals surface area contributed by atoms with Gasteiger partial charge in [0.1, 0.15) is 17.8 Å². The van der Waals surface area contributed by atoms with Crippen molar-refractivity contribution < 1.29 is 4.84 Å². The van der Waals surface area contributed by atoms with Crippen molar-refractivity contribution in [2.24, 2.45) is 0 Å². The van der Waals surface area contributed by atoms with Gasteiger partial charge in [-0.25, -0.2) is 15.0 Å². The molecule has 0 saturated carbocycles. The van der Waals surface area contributed by atoms with E-state index in [1.807, 2.05) is 67.1 Å². The molecule has 8 nitrogen and oxygen atoms in total. The second-order valence-corrected chi connectivity index (χ2v) is 8.15. The maximum Gasteiger partial charge on any atom is 0.197 e. The third-order valence-corrected chi connectivity index (χ3v) is 5.65. The van der Waals surface area contributed by atoms with Gasteiger partial charge < -0.3 is 15.6 Å². The minimum atomic E-state index is 0.424. The molecule has 4 aromatic rings. The van der Waals surface area contributed by atoms with Crippen LogP contribution in [0.25, 0.3) is 11.0 Å². The van der Waals surface area contributed by atoms with Crippen LogP contribution in [0.1, 0.15) is 30.2 Å². The van der Waals surface area contributed by atoms with E-state index >= 15 is 0 Å². The van der Waals surface area contributed by atoms with Crippen molar-refractivity contribution in [1.29, 1.82) is 0 Å². The van der Waals surface area contributed by atoms with Crippen LogP contribution < -0.4 is 11.1 Å². The van der Waals surface area contributed by atoms with Crippen molar-refractivity contribution in [3.05, 3.63) is 78.0 Å². The zero-order valence-corrected chi connectivity index (χ0v) is 20.5. The number of nitrogens with one attached hydrogen (secondary N) is 1. The maximum absolute atomic E-state index is 6.08. The highest BCUT2D eigenvalue weighted by molar-refractivity contribution is 7.80. The van der Waals surface area contributed by atoms with Gasteiger partial charge in [0.15, 0.2) is 5.11 Å². The van der Waals surface area contributed by atoms with E-state index in [1.165, 1.54) is 6.33 Å². The molecule has 0 radical (unpaired) electrons. The van der Waals surface area contributed by atoms with Gasteiger partial charge in [-0.1, -0.05) is 48.2 Å². The number of anilines is 2. The molecule has 4 heterocycles. The predicted octanol–water partition coefficient (Wildman–Crippen LogP) is 4.16. The number of nitrogen functional groups attached to an aromatic ring is 1. The Bertz CT molecular complexity index is 1340. The number of pyridine rings is 1. The summed E-state index contributed by atoms with van der Waals surface area (Å²) in [4.78, 5) is 18.3. The highest BCUT2D eigenvalue weighted by atomic mass is 32.1. The first-order chi connectivity index (χ1) is 17.1. The van der Waals surface area contributed by atoms with Crippen LogP contribution in [-0.4, -0.2) is 42.8 Å². The fraction of sp³-hybridized carbons (Fsp3) is 0.231. The molecule has 1 aliphatic heterocycles. The van der Waals surface area contributed by atoms with E-state index in [2.05, 4.69) is 32.1 Å². The Morgan fingerprint density at radius 1 is 1.11 bits per heavy atom. The number of hydroxylamine groups is 2. The van der Waals surface area contributed by atoms with Gasteiger partial charge in [0.2, 0.25) is 0 Å². The van der Waals surface area contributed by atoms with Gasteiger partial charge in [-0.05, 0) is 38.6 Å². The number of fused-ring (bicyclic) bond motifs is 1. The van der Waals surface area contributed by atoms with Crippen LogP contribution in [0.5, 0.6) is 0 Å². The Morgan fingerprint density at radius 3 is 2.49 bits per heavy atom. The monoisotopic (exact) mass is 485 g/mol. The van der Waals surface area contributed by atoms with Crippen LogP contribution >= 0.6 is 12.2 Å². The van der Waals surface area contributed by atoms with E-state index in [1.54, 1.807) is 11.3 Å². The first kappa shape index (κ1) is 24.1. The molecule has 178 valence electrons. The number of aromatic nitrogens is 4. The molecule has 0 spiro atoms. The summed E-state index contributed by atoms with van der Waals surface area (Å²) in [6.45, 7) is 6.20. The summed E-state index contributed by atoms with van der Waals surface area (Å²) in [5, 5.41) is 6.13. The molecule has 9 heteroatoms. The molecular weight excluding hydrogens is 458 g/mol. The van der Waals surface area contributed by atoms with Gasteiger partial charge in [-0.15, -0.1) is 0 Å². The number of aryl methyl sites for hydroxylation is 2. The molecule has 0 amide bonds. The van der Waals surface area contributed by atoms with E-state index in [9.17, 15) is 0 Å². The summed E-state index contributed by atoms with van der Waals surface area (Å²) in [6.07, 6.45) is 6.12. The summed E-state index contributed by atoms with van der Waals surface area (Å²) >= 11 is 5.39. The molecule has 0 aliphatic carbocycles. The largest absolute Gasteiger partial charge is 0.383 e. The molecule has 3 N–H and O–H groups in total. The second-order valence-electron chi connectivity index (χ2n) is 7.77. The van der Waals surface area contributed by atoms with Crippen molar-refractivity contribution in [3.63, 3.8) is 0 Å². The van der Waals surface area contributed by atoms with Gasteiger partial charge in [0.25, 0.3) is 0 Å². The van der Waals surface area contributed by atoms with Crippen LogP contribution in [0, 0.1) is 18.8 Å². The number of nitrogens with zero attached hydrogens (tertiary/aromatic N) is 5. The van der Waals surface area contributed by atoms with Crippen LogP contribution in [0.4, 0.5) is 11.5 Å². The van der Waals surface area contributed by atoms with E-state index in [0.29, 0.717) is 17.5 Å². The molecule has 0 atom stereocenters. The second kappa shape index (κ2) is 11.4. The molecule has 1 saturated heterocycles. The quantitative estimate of drug-likeness (QED) is 0.323. The molecular formula is C26H27N7OS. The van der Waals surface area contributed by atoms with Crippen LogP contribution in [-0.2, 0) is 11.4 Å². The minimum Gasteiger partial charge on any atom is -0.383 e. The van der Waals surface area contributed by atoms with Crippen molar-refractivity contribution >= 4 is 39.9 Å². The van der Waals surface area contributed by atoms with Crippen molar-refractivity contribution in [2.75, 3.05) is 24.2 Å². The molecule has 35 heavy (non-hydrogen) atoms. The highest BCUT2D eigenvalue weighted by Gasteiger charge is 2.16. The van der Waals surface area contributed by atoms with Gasteiger partial charge in [0.05, 0.1) is 41.7 Å². The molecule has 3 aromatic heterocycles. The van der Waals surface area contributed by atoms with Crippen molar-refractivity contribution in [1.82, 2.24) is 24.6 Å². The number of benzene rings is 1. The molecule has 0 unspecified atom stereocenters. The summed E-state index contributed by atoms with van der Waals surface area (Å²) in [6, 6.07) is 13.9. The number of nitrogens with two attached hydrogens (primary N) is 1. The van der Waals surface area contributed by atoms with Crippen LogP contribution in [0.15, 0.2) is 61.2 Å². The average Bonchev–Trinajstić information content (AvgIpc) is 3.55. The average molecular weight is 486 g/mol. The Kier molecular flexibility index (Phi) is 7.88. The topological polar surface area (TPSA) is 94.1 Å². The zero-order valence-electron chi connectivity index (χ0n) is 19.7. The van der Waals surface area contributed by atoms with Gasteiger partial charge in [0, 0.05) is 18.3 Å². The predicted molar refractivity (Wildman–Crippen MR) is 143 cm³/mol. The third-order valence-electron chi connectivity index (χ3n) is 5.34. The lowest BCUT2D eigenvalue weighted by Gasteiger charge is -2.18. The SMILES string of the molecule is CCn1cc(C#Cc2cc(NC(=S)N3CCCO3)cnc2C)c2c(N)ncnc21.c1ccccc1. The standard InChI is InChI=1S/C20H21N7OS.C6H6/c1-3-26-11-15(17-18(21)23-12-24-19(17)26)6-5-14-9-16(10-22-13(14)2)25-20(29)27-7-4-8-28-27;1-2-4-6-5-3-1/h9-12H,3-4,7-8H2,1-2H3,(H,25,29)(H2,21,23,24);1-6H. The van der Waals surface area contributed by atoms with E-state index in [-0.39, 0.29) is 0 Å². The third kappa shape index (κ3) is 5.93. The van der Waals surface area contributed by atoms with E-state index in [0.717, 1.165) is 53.1 Å². The lowest BCUT2D eigenvalue weighted by atomic mass is 10.1. The molecule has 0 bridgehead atoms. The summed E-state index contributed by atoms with van der Waals surface area (Å²) in [5.74, 6) is 6.84. The molecule has 5 rings (SSSR count). The normalized spacial score (nSPS) is 12.5. The van der Waals surface area contributed by atoms with Crippen LogP contribution in [0.3, 0.4) is 0 Å². The molecule has 1 fully saturated rings. The van der Waals surface area contributed by atoms with E-state index < -0.39 is 0 Å². The maximum atomic E-state index is 6.08. The van der Waals surface area contributed by atoms with Crippen molar-refractivity contribution in [2.45, 2.75) is 26.8 Å². The Hall–Kier alpha value is -4.00. The summed E-state index contributed by atoms with van der Waals surface area (Å²) in [5.41, 5.74) is 10.0. The first-order valence-corrected chi connectivity index (χ1v) is 11.8. The minimum absolute atomic E-state index is 0.424.